The number of thiophene rings is 2. The first-order valence-corrected chi connectivity index (χ1v) is 6.94. The van der Waals surface area contributed by atoms with Crippen LogP contribution in [0.1, 0.15) is 29.0 Å². The molecule has 0 aliphatic carbocycles. The van der Waals surface area contributed by atoms with E-state index in [0.29, 0.717) is 6.04 Å². The predicted octanol–water partition coefficient (Wildman–Crippen LogP) is 3.82. The van der Waals surface area contributed by atoms with Crippen molar-refractivity contribution in [2.24, 2.45) is 0 Å². The van der Waals surface area contributed by atoms with Crippen molar-refractivity contribution in [2.45, 2.75) is 19.9 Å². The molecular formula is C12H15NS2. The monoisotopic (exact) mass is 237 g/mol. The molecule has 0 fully saturated rings. The molecule has 0 aliphatic rings. The van der Waals surface area contributed by atoms with Crippen LogP contribution in [0.25, 0.3) is 0 Å². The van der Waals surface area contributed by atoms with E-state index in [2.05, 4.69) is 47.4 Å². The highest BCUT2D eigenvalue weighted by atomic mass is 32.1. The van der Waals surface area contributed by atoms with Crippen LogP contribution in [0, 0.1) is 6.92 Å². The highest BCUT2D eigenvalue weighted by Gasteiger charge is 2.16. The molecule has 15 heavy (non-hydrogen) atoms. The number of hydrogen-bond acceptors (Lipinski definition) is 3. The highest BCUT2D eigenvalue weighted by Crippen LogP contribution is 2.30. The van der Waals surface area contributed by atoms with Gasteiger partial charge in [0.15, 0.2) is 0 Å². The molecule has 2 aromatic rings. The Kier molecular flexibility index (Phi) is 3.57. The Bertz CT molecular complexity index is 403. The molecule has 0 aliphatic heterocycles. The summed E-state index contributed by atoms with van der Waals surface area (Å²) in [4.78, 5) is 1.44. The molecule has 0 saturated carbocycles. The summed E-state index contributed by atoms with van der Waals surface area (Å²) in [6, 6.07) is 4.77. The Hall–Kier alpha value is -0.640. The van der Waals surface area contributed by atoms with Gasteiger partial charge < -0.3 is 5.32 Å². The standard InChI is InChI=1S/C12H15NS2/c1-3-13-11(10-5-6-14-8-10)12-9(2)4-7-15-12/h4-8,11,13H,3H2,1-2H3. The van der Waals surface area contributed by atoms with Gasteiger partial charge in [0.1, 0.15) is 0 Å². The third-order valence-corrected chi connectivity index (χ3v) is 4.23. The van der Waals surface area contributed by atoms with Gasteiger partial charge in [0.2, 0.25) is 0 Å². The van der Waals surface area contributed by atoms with Crippen molar-refractivity contribution < 1.29 is 0 Å². The van der Waals surface area contributed by atoms with Crippen molar-refractivity contribution in [1.29, 1.82) is 0 Å². The summed E-state index contributed by atoms with van der Waals surface area (Å²) in [6.07, 6.45) is 0. The van der Waals surface area contributed by atoms with E-state index in [1.807, 2.05) is 11.3 Å². The second-order valence-corrected chi connectivity index (χ2v) is 5.24. The lowest BCUT2D eigenvalue weighted by Crippen LogP contribution is -2.21. The average Bonchev–Trinajstić information content (AvgIpc) is 2.85. The zero-order valence-corrected chi connectivity index (χ0v) is 10.6. The summed E-state index contributed by atoms with van der Waals surface area (Å²) in [5.41, 5.74) is 2.77. The SMILES string of the molecule is CCNC(c1ccsc1)c1sccc1C. The summed E-state index contributed by atoms with van der Waals surface area (Å²) in [6.45, 7) is 5.34. The number of nitrogens with one attached hydrogen (secondary N) is 1. The van der Waals surface area contributed by atoms with E-state index < -0.39 is 0 Å². The van der Waals surface area contributed by atoms with E-state index in [1.165, 1.54) is 16.0 Å². The van der Waals surface area contributed by atoms with Crippen LogP contribution in [0.3, 0.4) is 0 Å². The smallest absolute Gasteiger partial charge is 0.0681 e. The minimum atomic E-state index is 0.376. The Morgan fingerprint density at radius 2 is 2.20 bits per heavy atom. The van der Waals surface area contributed by atoms with Crippen molar-refractivity contribution in [3.8, 4) is 0 Å². The third kappa shape index (κ3) is 2.30. The van der Waals surface area contributed by atoms with Crippen molar-refractivity contribution >= 4 is 22.7 Å². The zero-order chi connectivity index (χ0) is 10.7. The van der Waals surface area contributed by atoms with Crippen molar-refractivity contribution in [2.75, 3.05) is 6.54 Å². The molecule has 0 spiro atoms. The first-order valence-electron chi connectivity index (χ1n) is 5.12. The molecule has 3 heteroatoms. The van der Waals surface area contributed by atoms with Crippen molar-refractivity contribution in [1.82, 2.24) is 5.32 Å². The van der Waals surface area contributed by atoms with E-state index in [1.54, 1.807) is 11.3 Å². The zero-order valence-electron chi connectivity index (χ0n) is 8.99. The molecule has 80 valence electrons. The second kappa shape index (κ2) is 4.92. The molecule has 2 rings (SSSR count). The first kappa shape index (κ1) is 10.9. The van der Waals surface area contributed by atoms with Gasteiger partial charge in [-0.2, -0.15) is 11.3 Å². The number of hydrogen-bond donors (Lipinski definition) is 1. The lowest BCUT2D eigenvalue weighted by molar-refractivity contribution is 0.639. The molecule has 2 aromatic heterocycles. The van der Waals surface area contributed by atoms with Gasteiger partial charge in [-0.3, -0.25) is 0 Å². The summed E-state index contributed by atoms with van der Waals surface area (Å²) in [7, 11) is 0. The molecular weight excluding hydrogens is 222 g/mol. The quantitative estimate of drug-likeness (QED) is 0.852. The normalized spacial score (nSPS) is 12.9. The molecule has 1 atom stereocenters. The second-order valence-electron chi connectivity index (χ2n) is 3.52. The van der Waals surface area contributed by atoms with Gasteiger partial charge >= 0.3 is 0 Å². The summed E-state index contributed by atoms with van der Waals surface area (Å²) < 4.78 is 0. The predicted molar refractivity (Wildman–Crippen MR) is 68.9 cm³/mol. The molecule has 1 unspecified atom stereocenters. The van der Waals surface area contributed by atoms with Gasteiger partial charge in [-0.25, -0.2) is 0 Å². The van der Waals surface area contributed by atoms with Crippen LogP contribution < -0.4 is 5.32 Å². The van der Waals surface area contributed by atoms with Crippen LogP contribution in [-0.4, -0.2) is 6.54 Å². The summed E-state index contributed by atoms with van der Waals surface area (Å²) >= 11 is 3.60. The van der Waals surface area contributed by atoms with Crippen molar-refractivity contribution in [3.05, 3.63) is 44.3 Å². The lowest BCUT2D eigenvalue weighted by Gasteiger charge is -2.16. The third-order valence-electron chi connectivity index (χ3n) is 2.45. The van der Waals surface area contributed by atoms with E-state index in [0.717, 1.165) is 6.54 Å². The maximum atomic E-state index is 3.55. The van der Waals surface area contributed by atoms with Crippen molar-refractivity contribution in [3.63, 3.8) is 0 Å². The molecule has 0 radical (unpaired) electrons. The fourth-order valence-corrected chi connectivity index (χ4v) is 3.40. The van der Waals surface area contributed by atoms with Gasteiger partial charge in [-0.1, -0.05) is 6.92 Å². The first-order chi connectivity index (χ1) is 7.33. The highest BCUT2D eigenvalue weighted by molar-refractivity contribution is 7.10. The Morgan fingerprint density at radius 1 is 1.33 bits per heavy atom. The maximum Gasteiger partial charge on any atom is 0.0681 e. The van der Waals surface area contributed by atoms with Crippen LogP contribution in [0.5, 0.6) is 0 Å². The largest absolute Gasteiger partial charge is 0.306 e. The fourth-order valence-electron chi connectivity index (χ4n) is 1.69. The Morgan fingerprint density at radius 3 is 2.73 bits per heavy atom. The Balaban J connectivity index is 2.32. The molecule has 1 nitrogen and oxygen atoms in total. The Labute approximate surface area is 98.8 Å². The van der Waals surface area contributed by atoms with Crippen LogP contribution in [-0.2, 0) is 0 Å². The number of rotatable bonds is 4. The van der Waals surface area contributed by atoms with Gasteiger partial charge in [0, 0.05) is 4.88 Å². The number of aryl methyl sites for hydroxylation is 1. The van der Waals surface area contributed by atoms with Gasteiger partial charge in [-0.05, 0) is 52.9 Å². The fraction of sp³-hybridized carbons (Fsp3) is 0.333. The minimum absolute atomic E-state index is 0.376. The van der Waals surface area contributed by atoms with Gasteiger partial charge in [0.05, 0.1) is 6.04 Å². The summed E-state index contributed by atoms with van der Waals surface area (Å²) in [5, 5.41) is 10.1. The van der Waals surface area contributed by atoms with Gasteiger partial charge in [-0.15, -0.1) is 11.3 Å². The van der Waals surface area contributed by atoms with E-state index in [-0.39, 0.29) is 0 Å². The topological polar surface area (TPSA) is 12.0 Å². The maximum absolute atomic E-state index is 3.55. The van der Waals surface area contributed by atoms with Crippen LogP contribution in [0.15, 0.2) is 28.3 Å². The van der Waals surface area contributed by atoms with E-state index >= 15 is 0 Å². The van der Waals surface area contributed by atoms with Crippen LogP contribution in [0.2, 0.25) is 0 Å². The molecule has 0 bridgehead atoms. The molecule has 0 amide bonds. The molecule has 1 N–H and O–H groups in total. The van der Waals surface area contributed by atoms with E-state index in [9.17, 15) is 0 Å². The lowest BCUT2D eigenvalue weighted by atomic mass is 10.1. The average molecular weight is 237 g/mol. The summed E-state index contributed by atoms with van der Waals surface area (Å²) in [5.74, 6) is 0. The van der Waals surface area contributed by atoms with Crippen LogP contribution in [0.4, 0.5) is 0 Å². The van der Waals surface area contributed by atoms with Gasteiger partial charge in [0.25, 0.3) is 0 Å². The molecule has 2 heterocycles. The van der Waals surface area contributed by atoms with E-state index in [4.69, 9.17) is 0 Å². The molecule has 0 saturated heterocycles. The minimum Gasteiger partial charge on any atom is -0.306 e. The molecule has 0 aromatic carbocycles. The van der Waals surface area contributed by atoms with Crippen LogP contribution >= 0.6 is 22.7 Å².